The van der Waals surface area contributed by atoms with Gasteiger partial charge in [0.2, 0.25) is 0 Å². The largest absolute Gasteiger partial charge is 2.00 e. The number of benzene rings is 4. The summed E-state index contributed by atoms with van der Waals surface area (Å²) in [5.74, 6) is -0.482. The fourth-order valence-electron chi connectivity index (χ4n) is 6.27. The summed E-state index contributed by atoms with van der Waals surface area (Å²) in [6, 6.07) is 44.7. The van der Waals surface area contributed by atoms with Crippen LogP contribution in [0.5, 0.6) is 0 Å². The number of aryl methyl sites for hydroxylation is 3. The van der Waals surface area contributed by atoms with Crippen molar-refractivity contribution < 1.29 is 34.5 Å². The van der Waals surface area contributed by atoms with Crippen LogP contribution in [-0.4, -0.2) is 71.6 Å². The molecule has 0 aliphatic heterocycles. The normalized spacial score (nSPS) is 11.0. The molecule has 12 nitrogen and oxygen atoms in total. The van der Waals surface area contributed by atoms with Gasteiger partial charge in [0.1, 0.15) is 12.8 Å². The molecule has 4 aromatic carbocycles. The summed E-state index contributed by atoms with van der Waals surface area (Å²) in [4.78, 5) is 4.40. The van der Waals surface area contributed by atoms with Gasteiger partial charge >= 0.3 is 26.6 Å². The van der Waals surface area contributed by atoms with E-state index in [2.05, 4.69) is 109 Å². The first kappa shape index (κ1) is 39.1. The fraction of sp³-hybridized carbons (Fsp3) is 0.125. The van der Waals surface area contributed by atoms with Crippen LogP contribution in [0, 0.1) is 20.8 Å². The molecule has 268 valence electrons. The molecule has 0 atom stereocenters. The maximum absolute atomic E-state index is 11.3. The molecule has 2 N–H and O–H groups in total. The number of fused-ring (bicyclic) bond motifs is 1. The average Bonchev–Trinajstić information content (AvgIpc) is 4.00. The van der Waals surface area contributed by atoms with Gasteiger partial charge in [0.05, 0.1) is 28.5 Å². The molecule has 4 heterocycles. The van der Waals surface area contributed by atoms with E-state index in [9.17, 15) is 5.11 Å². The Morgan fingerprint density at radius 2 is 1.00 bits per heavy atom. The smallest absolute Gasteiger partial charge is 0.855 e. The number of aromatic nitrogens is 8. The average molecular weight is 771 g/mol. The number of H-pyrrole nitrogens is 1. The number of oxime groups is 1. The van der Waals surface area contributed by atoms with Gasteiger partial charge in [-0.2, -0.15) is 5.10 Å². The van der Waals surface area contributed by atoms with Crippen LogP contribution in [0.1, 0.15) is 22.8 Å². The molecule has 0 radical (unpaired) electrons. The minimum absolute atomic E-state index is 0. The van der Waals surface area contributed by atoms with E-state index in [0.717, 1.165) is 68.9 Å². The third-order valence-electron chi connectivity index (χ3n) is 8.80. The van der Waals surface area contributed by atoms with Crippen LogP contribution in [0.25, 0.3) is 44.7 Å². The number of nitrogens with one attached hydrogen (secondary N) is 1. The summed E-state index contributed by atoms with van der Waals surface area (Å²) >= 11 is 0. The minimum Gasteiger partial charge on any atom is -0.855 e. The molecule has 8 aromatic rings. The van der Waals surface area contributed by atoms with Gasteiger partial charge in [-0.05, 0) is 62.1 Å². The van der Waals surface area contributed by atoms with Gasteiger partial charge in [0.15, 0.2) is 0 Å². The first-order chi connectivity index (χ1) is 25.9. The number of aliphatic hydroxyl groups excluding tert-OH is 1. The quantitative estimate of drug-likeness (QED) is 0.0873. The Labute approximate surface area is 326 Å². The summed E-state index contributed by atoms with van der Waals surface area (Å²) in [5, 5.41) is 44.3. The molecular weight excluding hydrogens is 731 g/mol. The summed E-state index contributed by atoms with van der Waals surface area (Å²) in [6.07, 6.45) is 0. The Kier molecular flexibility index (Phi) is 13.1. The molecule has 8 rings (SSSR count). The molecule has 0 unspecified atom stereocenters. The molecular formula is C40H40BN9O3Zn. The summed E-state index contributed by atoms with van der Waals surface area (Å²) < 4.78 is 6.31. The Morgan fingerprint density at radius 1 is 0.630 bits per heavy atom. The van der Waals surface area contributed by atoms with E-state index in [0.29, 0.717) is 0 Å². The molecule has 0 saturated carbocycles. The Hall–Kier alpha value is -6.10. The van der Waals surface area contributed by atoms with E-state index < -0.39 is 13.0 Å². The van der Waals surface area contributed by atoms with Crippen molar-refractivity contribution in [2.24, 2.45) is 5.16 Å². The van der Waals surface area contributed by atoms with Crippen molar-refractivity contribution >= 4 is 23.9 Å². The van der Waals surface area contributed by atoms with E-state index in [1.54, 1.807) is 6.07 Å². The van der Waals surface area contributed by atoms with E-state index in [4.69, 9.17) is 20.4 Å². The van der Waals surface area contributed by atoms with Gasteiger partial charge in [0.25, 0.3) is 0 Å². The maximum Gasteiger partial charge on any atom is 2.00 e. The van der Waals surface area contributed by atoms with Gasteiger partial charge in [0, 0.05) is 29.2 Å². The third-order valence-corrected chi connectivity index (χ3v) is 8.80. The second-order valence-electron chi connectivity index (χ2n) is 12.2. The standard InChI is InChI=1S/C30H28BN6.C9H9N3O2.CH4O.Zn/c1-22-19-28(25-13-7-4-8-14-25)32-35(22)31(36-23(2)20-29(33-36)26-15-9-5-10-16-26)37-24(3)21-30(34-37)27-17-11-6-12-18-27;1-14-12-9(13)8-6-4-2-3-5-7(6)10-11-8;1-2;/h4-21,31H,1-3H3;2-5H,1H3,(H,10,11)(H,12,13);2H,1H3;/q-1;;;+2/p-1. The molecule has 54 heavy (non-hydrogen) atoms. The van der Waals surface area contributed by atoms with Crippen molar-refractivity contribution in [3.63, 3.8) is 0 Å². The predicted octanol–water partition coefficient (Wildman–Crippen LogP) is 5.70. The molecule has 0 aliphatic carbocycles. The number of hydrogen-bond acceptors (Lipinski definition) is 8. The monoisotopic (exact) mass is 769 g/mol. The molecule has 0 spiro atoms. The van der Waals surface area contributed by atoms with E-state index >= 15 is 0 Å². The Bertz CT molecular complexity index is 2230. The van der Waals surface area contributed by atoms with Crippen molar-refractivity contribution in [2.75, 3.05) is 14.2 Å². The van der Waals surface area contributed by atoms with E-state index in [1.165, 1.54) is 7.11 Å². The number of hydrogen-bond donors (Lipinski definition) is 2. The first-order valence-electron chi connectivity index (χ1n) is 17.1. The summed E-state index contributed by atoms with van der Waals surface area (Å²) in [7, 11) is 0.771. The van der Waals surface area contributed by atoms with E-state index in [1.807, 2.05) is 72.8 Å². The van der Waals surface area contributed by atoms with Crippen molar-refractivity contribution in [2.45, 2.75) is 20.8 Å². The van der Waals surface area contributed by atoms with Crippen molar-refractivity contribution in [1.29, 1.82) is 0 Å². The third kappa shape index (κ3) is 8.41. The van der Waals surface area contributed by atoms with Crippen LogP contribution in [0.15, 0.2) is 139 Å². The number of aromatic amines is 1. The van der Waals surface area contributed by atoms with E-state index in [-0.39, 0.29) is 25.2 Å². The van der Waals surface area contributed by atoms with Crippen LogP contribution < -0.4 is 5.11 Å². The first-order valence-corrected chi connectivity index (χ1v) is 17.1. The zero-order valence-corrected chi connectivity index (χ0v) is 33.9. The minimum atomic E-state index is -1.55. The SMILES string of the molecule is CO.CO/N=C(\[O-])c1n[nH]c2ccccc12.Cc1cc(-c2ccccc2)nn1[BH-](n1nc(-c2ccccc2)cc1C)n1nc(-c2ccccc2)cc1C.[Zn+2]. The zero-order chi connectivity index (χ0) is 37.3. The summed E-state index contributed by atoms with van der Waals surface area (Å²) in [6.45, 7) is 6.31. The van der Waals surface area contributed by atoms with Crippen LogP contribution in [0.3, 0.4) is 0 Å². The summed E-state index contributed by atoms with van der Waals surface area (Å²) in [5.41, 5.74) is 10.4. The molecule has 0 saturated heterocycles. The van der Waals surface area contributed by atoms with Gasteiger partial charge < -0.3 is 28.8 Å². The molecule has 0 aliphatic rings. The van der Waals surface area contributed by atoms with Crippen LogP contribution in [0.4, 0.5) is 0 Å². The molecule has 0 bridgehead atoms. The predicted molar refractivity (Wildman–Crippen MR) is 208 cm³/mol. The van der Waals surface area contributed by atoms with Gasteiger partial charge in [-0.1, -0.05) is 109 Å². The van der Waals surface area contributed by atoms with Gasteiger partial charge in [-0.3, -0.25) is 5.10 Å². The second-order valence-corrected chi connectivity index (χ2v) is 12.2. The zero-order valence-electron chi connectivity index (χ0n) is 31.0. The van der Waals surface area contributed by atoms with Gasteiger partial charge in [-0.15, -0.1) is 5.16 Å². The fourth-order valence-corrected chi connectivity index (χ4v) is 6.27. The molecule has 0 amide bonds. The Morgan fingerprint density at radius 3 is 1.39 bits per heavy atom. The Balaban J connectivity index is 0.000000277. The second kappa shape index (κ2) is 18.1. The molecule has 14 heteroatoms. The van der Waals surface area contributed by atoms with Gasteiger partial charge in [-0.25, -0.2) is 15.3 Å². The topological polar surface area (TPSA) is 147 Å². The number of para-hydroxylation sites is 1. The number of nitrogens with zero attached hydrogens (tertiary/aromatic N) is 8. The number of aliphatic hydroxyl groups is 1. The van der Waals surface area contributed by atoms with Crippen LogP contribution in [-0.2, 0) is 24.3 Å². The maximum atomic E-state index is 11.3. The molecule has 4 aromatic heterocycles. The van der Waals surface area contributed by atoms with Crippen LogP contribution >= 0.6 is 0 Å². The van der Waals surface area contributed by atoms with Crippen molar-refractivity contribution in [3.05, 3.63) is 156 Å². The van der Waals surface area contributed by atoms with Crippen molar-refractivity contribution in [1.82, 2.24) is 39.3 Å². The van der Waals surface area contributed by atoms with Crippen molar-refractivity contribution in [3.8, 4) is 33.8 Å². The number of rotatable bonds is 8. The van der Waals surface area contributed by atoms with Crippen LogP contribution in [0.2, 0.25) is 0 Å². The molecule has 0 fully saturated rings.